The van der Waals surface area contributed by atoms with Crippen LogP contribution in [0.1, 0.15) is 30.9 Å². The van der Waals surface area contributed by atoms with Crippen LogP contribution < -0.4 is 10.1 Å². The zero-order valence-corrected chi connectivity index (χ0v) is 17.8. The van der Waals surface area contributed by atoms with Gasteiger partial charge in [-0.15, -0.1) is 0 Å². The van der Waals surface area contributed by atoms with Gasteiger partial charge in [0.05, 0.1) is 12.7 Å². The molecule has 0 bridgehead atoms. The maximum atomic E-state index is 13.4. The molecule has 31 heavy (non-hydrogen) atoms. The van der Waals surface area contributed by atoms with Crippen molar-refractivity contribution in [3.63, 3.8) is 0 Å². The fourth-order valence-electron chi connectivity index (χ4n) is 4.06. The van der Waals surface area contributed by atoms with E-state index in [-0.39, 0.29) is 11.8 Å². The molecule has 2 aliphatic rings. The molecule has 0 aromatic heterocycles. The molecule has 2 aromatic carbocycles. The zero-order valence-electron chi connectivity index (χ0n) is 17.8. The Bertz CT molecular complexity index is 1030. The second kappa shape index (κ2) is 8.55. The van der Waals surface area contributed by atoms with Gasteiger partial charge in [0.1, 0.15) is 11.6 Å². The van der Waals surface area contributed by atoms with Gasteiger partial charge in [-0.25, -0.2) is 9.18 Å². The summed E-state index contributed by atoms with van der Waals surface area (Å²) in [5, 5.41) is 13.1. The molecule has 6 heteroatoms. The third kappa shape index (κ3) is 4.64. The van der Waals surface area contributed by atoms with E-state index in [1.807, 2.05) is 37.3 Å². The quantitative estimate of drug-likeness (QED) is 0.765. The molecule has 0 radical (unpaired) electrons. The van der Waals surface area contributed by atoms with Gasteiger partial charge in [-0.3, -0.25) is 0 Å². The van der Waals surface area contributed by atoms with Gasteiger partial charge in [0, 0.05) is 24.4 Å². The van der Waals surface area contributed by atoms with E-state index in [0.717, 1.165) is 28.0 Å². The van der Waals surface area contributed by atoms with Crippen LogP contribution in [0.2, 0.25) is 0 Å². The van der Waals surface area contributed by atoms with Crippen LogP contribution in [-0.4, -0.2) is 41.8 Å². The number of methoxy groups -OCH3 is 1. The molecule has 0 spiro atoms. The van der Waals surface area contributed by atoms with Crippen LogP contribution in [0.15, 0.2) is 54.2 Å². The highest BCUT2D eigenvalue weighted by molar-refractivity contribution is 5.82. The number of ether oxygens (including phenoxy) is 1. The number of aliphatic hydroxyl groups is 1. The largest absolute Gasteiger partial charge is 0.496 e. The standard InChI is InChI=1S/C25H27FN2O3/c1-25(30)13-15-28(16-14-25)24(29)27-19-7-9-21-20(17-3-5-18(26)6-4-17)11-12-23(31-2)22(21)10-8-19/h3-9,11-12,30H,10,13-16H2,1-2H3,(H,27,29). The van der Waals surface area contributed by atoms with E-state index in [1.165, 1.54) is 12.1 Å². The summed E-state index contributed by atoms with van der Waals surface area (Å²) in [6.45, 7) is 2.86. The summed E-state index contributed by atoms with van der Waals surface area (Å²) in [4.78, 5) is 14.4. The summed E-state index contributed by atoms with van der Waals surface area (Å²) in [5.74, 6) is 0.498. The van der Waals surface area contributed by atoms with Crippen LogP contribution >= 0.6 is 0 Å². The minimum atomic E-state index is -0.701. The summed E-state index contributed by atoms with van der Waals surface area (Å²) in [5.41, 5.74) is 3.90. The number of likely N-dealkylation sites (tertiary alicyclic amines) is 1. The Balaban J connectivity index is 1.57. The van der Waals surface area contributed by atoms with Crippen LogP contribution in [0, 0.1) is 5.82 Å². The van der Waals surface area contributed by atoms with Gasteiger partial charge in [-0.2, -0.15) is 0 Å². The Hall–Kier alpha value is -3.12. The lowest BCUT2D eigenvalue weighted by atomic mass is 9.93. The minimum Gasteiger partial charge on any atom is -0.496 e. The highest BCUT2D eigenvalue weighted by atomic mass is 19.1. The molecule has 2 amide bonds. The molecule has 2 aromatic rings. The average molecular weight is 423 g/mol. The Kier molecular flexibility index (Phi) is 5.83. The predicted molar refractivity (Wildman–Crippen MR) is 119 cm³/mol. The van der Waals surface area contributed by atoms with Crippen molar-refractivity contribution in [2.75, 3.05) is 20.2 Å². The number of nitrogens with one attached hydrogen (secondary N) is 1. The number of urea groups is 1. The minimum absolute atomic E-state index is 0.164. The van der Waals surface area contributed by atoms with E-state index in [4.69, 9.17) is 4.74 Å². The molecule has 1 heterocycles. The number of piperidine rings is 1. The Labute approximate surface area is 181 Å². The van der Waals surface area contributed by atoms with E-state index >= 15 is 0 Å². The fourth-order valence-corrected chi connectivity index (χ4v) is 4.06. The number of amides is 2. The van der Waals surface area contributed by atoms with Crippen molar-refractivity contribution in [3.05, 3.63) is 71.2 Å². The van der Waals surface area contributed by atoms with Crippen molar-refractivity contribution < 1.29 is 19.0 Å². The number of halogens is 1. The summed E-state index contributed by atoms with van der Waals surface area (Å²) in [6.07, 6.45) is 7.55. The molecular formula is C25H27FN2O3. The van der Waals surface area contributed by atoms with Gasteiger partial charge in [0.25, 0.3) is 0 Å². The van der Waals surface area contributed by atoms with Crippen LogP contribution in [0.25, 0.3) is 17.2 Å². The molecule has 0 unspecified atom stereocenters. The Morgan fingerprint density at radius 1 is 1.13 bits per heavy atom. The first kappa shape index (κ1) is 21.1. The van der Waals surface area contributed by atoms with E-state index < -0.39 is 5.60 Å². The third-order valence-electron chi connectivity index (χ3n) is 6.02. The molecule has 1 fully saturated rings. The van der Waals surface area contributed by atoms with Gasteiger partial charge >= 0.3 is 6.03 Å². The zero-order chi connectivity index (χ0) is 22.0. The monoisotopic (exact) mass is 422 g/mol. The number of carbonyl (C=O) groups excluding carboxylic acids is 1. The number of carbonyl (C=O) groups is 1. The van der Waals surface area contributed by atoms with Crippen molar-refractivity contribution >= 4 is 12.1 Å². The fraction of sp³-hybridized carbons (Fsp3) is 0.320. The summed E-state index contributed by atoms with van der Waals surface area (Å²) in [6, 6.07) is 10.2. The first-order valence-corrected chi connectivity index (χ1v) is 10.5. The van der Waals surface area contributed by atoms with Crippen LogP contribution in [0.4, 0.5) is 9.18 Å². The number of hydrogen-bond acceptors (Lipinski definition) is 3. The third-order valence-corrected chi connectivity index (χ3v) is 6.02. The SMILES string of the molecule is COc1ccc(-c2ccc(F)cc2)c2c1CC=C(NC(=O)N1CCC(C)(O)CC1)C=C2. The highest BCUT2D eigenvalue weighted by Crippen LogP contribution is 2.35. The molecule has 1 aliphatic carbocycles. The van der Waals surface area contributed by atoms with Gasteiger partial charge < -0.3 is 20.1 Å². The van der Waals surface area contributed by atoms with Gasteiger partial charge in [0.2, 0.25) is 0 Å². The molecule has 5 nitrogen and oxygen atoms in total. The lowest BCUT2D eigenvalue weighted by Gasteiger charge is -2.35. The number of fused-ring (bicyclic) bond motifs is 1. The maximum absolute atomic E-state index is 13.4. The maximum Gasteiger partial charge on any atom is 0.321 e. The summed E-state index contributed by atoms with van der Waals surface area (Å²) in [7, 11) is 1.64. The number of rotatable bonds is 3. The highest BCUT2D eigenvalue weighted by Gasteiger charge is 2.29. The first-order chi connectivity index (χ1) is 14.9. The molecular weight excluding hydrogens is 395 g/mol. The van der Waals surface area contributed by atoms with E-state index in [9.17, 15) is 14.3 Å². The smallest absolute Gasteiger partial charge is 0.321 e. The van der Waals surface area contributed by atoms with Crippen molar-refractivity contribution in [3.8, 4) is 16.9 Å². The molecule has 4 rings (SSSR count). The van der Waals surface area contributed by atoms with E-state index in [2.05, 4.69) is 5.32 Å². The van der Waals surface area contributed by atoms with Crippen LogP contribution in [0.3, 0.4) is 0 Å². The number of hydrogen-bond donors (Lipinski definition) is 2. The van der Waals surface area contributed by atoms with Crippen LogP contribution in [0.5, 0.6) is 5.75 Å². The summed E-state index contributed by atoms with van der Waals surface area (Å²) >= 11 is 0. The number of benzene rings is 2. The lowest BCUT2D eigenvalue weighted by molar-refractivity contribution is 0.00465. The Morgan fingerprint density at radius 3 is 2.52 bits per heavy atom. The van der Waals surface area contributed by atoms with Crippen molar-refractivity contribution in [1.29, 1.82) is 0 Å². The first-order valence-electron chi connectivity index (χ1n) is 10.5. The summed E-state index contributed by atoms with van der Waals surface area (Å²) < 4.78 is 19.0. The van der Waals surface area contributed by atoms with Crippen LogP contribution in [-0.2, 0) is 6.42 Å². The van der Waals surface area contributed by atoms with Crippen molar-refractivity contribution in [1.82, 2.24) is 10.2 Å². The van der Waals surface area contributed by atoms with E-state index in [0.29, 0.717) is 38.0 Å². The average Bonchev–Trinajstić information content (AvgIpc) is 2.96. The van der Waals surface area contributed by atoms with Crippen molar-refractivity contribution in [2.45, 2.75) is 31.8 Å². The van der Waals surface area contributed by atoms with Gasteiger partial charge in [-0.05, 0) is 67.2 Å². The Morgan fingerprint density at radius 2 is 1.84 bits per heavy atom. The number of allylic oxidation sites excluding steroid dienone is 2. The normalized spacial score (nSPS) is 17.4. The molecule has 0 atom stereocenters. The molecule has 1 aliphatic heterocycles. The molecule has 1 saturated heterocycles. The lowest BCUT2D eigenvalue weighted by Crippen LogP contribution is -2.48. The predicted octanol–water partition coefficient (Wildman–Crippen LogP) is 4.51. The van der Waals surface area contributed by atoms with Gasteiger partial charge in [0.15, 0.2) is 0 Å². The van der Waals surface area contributed by atoms with Crippen molar-refractivity contribution in [2.24, 2.45) is 0 Å². The molecule has 2 N–H and O–H groups in total. The molecule has 0 saturated carbocycles. The van der Waals surface area contributed by atoms with Gasteiger partial charge in [-0.1, -0.05) is 30.4 Å². The molecule has 162 valence electrons. The van der Waals surface area contributed by atoms with E-state index in [1.54, 1.807) is 24.1 Å². The second-order valence-electron chi connectivity index (χ2n) is 8.33. The number of nitrogens with zero attached hydrogens (tertiary/aromatic N) is 1. The topological polar surface area (TPSA) is 61.8 Å². The second-order valence-corrected chi connectivity index (χ2v) is 8.33.